The minimum atomic E-state index is 0.300. The highest BCUT2D eigenvalue weighted by Crippen LogP contribution is 2.29. The first-order chi connectivity index (χ1) is 8.12. The van der Waals surface area contributed by atoms with E-state index in [2.05, 4.69) is 42.2 Å². The predicted molar refractivity (Wildman–Crippen MR) is 67.6 cm³/mol. The number of nitrogens with zero attached hydrogens (tertiary/aromatic N) is 2. The van der Waals surface area contributed by atoms with E-state index in [9.17, 15) is 0 Å². The van der Waals surface area contributed by atoms with Gasteiger partial charge in [0.15, 0.2) is 5.76 Å². The molecule has 0 spiro atoms. The van der Waals surface area contributed by atoms with E-state index in [0.29, 0.717) is 5.54 Å². The Hall–Kier alpha value is -0.870. The first-order valence-electron chi connectivity index (χ1n) is 6.52. The van der Waals surface area contributed by atoms with Gasteiger partial charge in [0.2, 0.25) is 0 Å². The summed E-state index contributed by atoms with van der Waals surface area (Å²) in [5.41, 5.74) is 1.30. The second-order valence-corrected chi connectivity index (χ2v) is 5.40. The summed E-state index contributed by atoms with van der Waals surface area (Å²) in [6, 6.07) is 2.07. The van der Waals surface area contributed by atoms with E-state index in [-0.39, 0.29) is 0 Å². The van der Waals surface area contributed by atoms with Crippen LogP contribution in [-0.2, 0) is 13.1 Å². The maximum Gasteiger partial charge on any atom is 0.151 e. The molecule has 1 saturated heterocycles. The van der Waals surface area contributed by atoms with Crippen molar-refractivity contribution in [1.82, 2.24) is 15.4 Å². The summed E-state index contributed by atoms with van der Waals surface area (Å²) >= 11 is 0. The highest BCUT2D eigenvalue weighted by Gasteiger charge is 2.32. The molecule has 0 bridgehead atoms. The molecule has 0 aliphatic carbocycles. The van der Waals surface area contributed by atoms with Crippen molar-refractivity contribution in [3.05, 3.63) is 17.5 Å². The van der Waals surface area contributed by atoms with Crippen LogP contribution in [0.2, 0.25) is 0 Å². The van der Waals surface area contributed by atoms with Gasteiger partial charge in [0.25, 0.3) is 0 Å². The fourth-order valence-electron chi connectivity index (χ4n) is 2.41. The van der Waals surface area contributed by atoms with E-state index < -0.39 is 0 Å². The first kappa shape index (κ1) is 12.6. The van der Waals surface area contributed by atoms with Gasteiger partial charge >= 0.3 is 0 Å². The molecule has 0 unspecified atom stereocenters. The van der Waals surface area contributed by atoms with Crippen molar-refractivity contribution < 1.29 is 4.52 Å². The predicted octanol–water partition coefficient (Wildman–Crippen LogP) is 2.16. The third-order valence-corrected chi connectivity index (χ3v) is 3.58. The summed E-state index contributed by atoms with van der Waals surface area (Å²) in [4.78, 5) is 2.48. The summed E-state index contributed by atoms with van der Waals surface area (Å²) in [5.74, 6) is 0.980. The summed E-state index contributed by atoms with van der Waals surface area (Å²) in [7, 11) is 0. The molecule has 1 fully saturated rings. The highest BCUT2D eigenvalue weighted by molar-refractivity contribution is 5.06. The van der Waals surface area contributed by atoms with Crippen LogP contribution in [0.5, 0.6) is 0 Å². The molecule has 4 heteroatoms. The molecule has 17 heavy (non-hydrogen) atoms. The molecule has 2 rings (SSSR count). The lowest BCUT2D eigenvalue weighted by atomic mass is 10.0. The van der Waals surface area contributed by atoms with Crippen molar-refractivity contribution >= 4 is 0 Å². The van der Waals surface area contributed by atoms with Gasteiger partial charge in [-0.1, -0.05) is 12.1 Å². The quantitative estimate of drug-likeness (QED) is 0.852. The minimum absolute atomic E-state index is 0.300. The van der Waals surface area contributed by atoms with Crippen molar-refractivity contribution in [3.63, 3.8) is 0 Å². The van der Waals surface area contributed by atoms with Crippen LogP contribution in [0.1, 0.15) is 45.1 Å². The van der Waals surface area contributed by atoms with Gasteiger partial charge in [0.1, 0.15) is 0 Å². The maximum absolute atomic E-state index is 5.39. The third kappa shape index (κ3) is 3.07. The zero-order valence-corrected chi connectivity index (χ0v) is 11.1. The van der Waals surface area contributed by atoms with Crippen LogP contribution in [0.15, 0.2) is 10.6 Å². The van der Waals surface area contributed by atoms with Crippen molar-refractivity contribution in [2.24, 2.45) is 0 Å². The van der Waals surface area contributed by atoms with Gasteiger partial charge in [-0.15, -0.1) is 0 Å². The molecule has 96 valence electrons. The number of nitrogens with one attached hydrogen (secondary N) is 1. The van der Waals surface area contributed by atoms with Gasteiger partial charge in [-0.25, -0.2) is 0 Å². The van der Waals surface area contributed by atoms with E-state index in [0.717, 1.165) is 37.6 Å². The van der Waals surface area contributed by atoms with E-state index in [4.69, 9.17) is 4.52 Å². The van der Waals surface area contributed by atoms with Gasteiger partial charge in [-0.05, 0) is 39.8 Å². The van der Waals surface area contributed by atoms with E-state index in [1.807, 2.05) is 0 Å². The SMILES string of the molecule is CCNCc1cc(CN2CCCC2(C)C)on1. The third-order valence-electron chi connectivity index (χ3n) is 3.58. The second kappa shape index (κ2) is 5.19. The van der Waals surface area contributed by atoms with Crippen LogP contribution in [0.3, 0.4) is 0 Å². The summed E-state index contributed by atoms with van der Waals surface area (Å²) in [5, 5.41) is 7.33. The molecule has 1 aromatic heterocycles. The molecule has 0 saturated carbocycles. The molecular weight excluding hydrogens is 214 g/mol. The number of hydrogen-bond donors (Lipinski definition) is 1. The fraction of sp³-hybridized carbons (Fsp3) is 0.769. The molecule has 1 aliphatic rings. The van der Waals surface area contributed by atoms with E-state index in [1.54, 1.807) is 0 Å². The molecule has 1 N–H and O–H groups in total. The van der Waals surface area contributed by atoms with Crippen LogP contribution in [0.4, 0.5) is 0 Å². The largest absolute Gasteiger partial charge is 0.360 e. The topological polar surface area (TPSA) is 41.3 Å². The Morgan fingerprint density at radius 3 is 3.00 bits per heavy atom. The van der Waals surface area contributed by atoms with Gasteiger partial charge in [0.05, 0.1) is 12.2 Å². The van der Waals surface area contributed by atoms with Crippen molar-refractivity contribution in [2.45, 2.75) is 52.2 Å². The second-order valence-electron chi connectivity index (χ2n) is 5.40. The molecule has 0 amide bonds. The molecule has 0 atom stereocenters. The van der Waals surface area contributed by atoms with Crippen molar-refractivity contribution in [2.75, 3.05) is 13.1 Å². The minimum Gasteiger partial charge on any atom is -0.360 e. The Morgan fingerprint density at radius 1 is 1.53 bits per heavy atom. The van der Waals surface area contributed by atoms with Crippen LogP contribution in [0, 0.1) is 0 Å². The number of likely N-dealkylation sites (tertiary alicyclic amines) is 1. The van der Waals surface area contributed by atoms with E-state index >= 15 is 0 Å². The Kier molecular flexibility index (Phi) is 3.84. The molecule has 2 heterocycles. The molecule has 0 aromatic carbocycles. The van der Waals surface area contributed by atoms with E-state index in [1.165, 1.54) is 12.8 Å². The average molecular weight is 237 g/mol. The summed E-state index contributed by atoms with van der Waals surface area (Å²) in [6.07, 6.45) is 2.55. The lowest BCUT2D eigenvalue weighted by Crippen LogP contribution is -2.37. The van der Waals surface area contributed by atoms with Gasteiger partial charge < -0.3 is 9.84 Å². The van der Waals surface area contributed by atoms with Crippen LogP contribution in [0.25, 0.3) is 0 Å². The number of aromatic nitrogens is 1. The zero-order valence-electron chi connectivity index (χ0n) is 11.1. The normalized spacial score (nSPS) is 19.9. The Bertz CT molecular complexity index is 359. The fourth-order valence-corrected chi connectivity index (χ4v) is 2.41. The molecule has 1 aliphatic heterocycles. The molecular formula is C13H23N3O. The summed E-state index contributed by atoms with van der Waals surface area (Å²) < 4.78 is 5.39. The first-order valence-corrected chi connectivity index (χ1v) is 6.52. The van der Waals surface area contributed by atoms with Crippen molar-refractivity contribution in [1.29, 1.82) is 0 Å². The zero-order chi connectivity index (χ0) is 12.3. The maximum atomic E-state index is 5.39. The van der Waals surface area contributed by atoms with Crippen LogP contribution in [-0.4, -0.2) is 28.7 Å². The summed E-state index contributed by atoms with van der Waals surface area (Å²) in [6.45, 7) is 10.5. The smallest absolute Gasteiger partial charge is 0.151 e. The van der Waals surface area contributed by atoms with Gasteiger partial charge in [-0.2, -0.15) is 0 Å². The Balaban J connectivity index is 1.92. The standard InChI is InChI=1S/C13H23N3O/c1-4-14-9-11-8-12(17-15-11)10-16-7-5-6-13(16,2)3/h8,14H,4-7,9-10H2,1-3H3. The Morgan fingerprint density at radius 2 is 2.35 bits per heavy atom. The number of hydrogen-bond acceptors (Lipinski definition) is 4. The monoisotopic (exact) mass is 237 g/mol. The highest BCUT2D eigenvalue weighted by atomic mass is 16.5. The number of rotatable bonds is 5. The molecule has 0 radical (unpaired) electrons. The van der Waals surface area contributed by atoms with Crippen molar-refractivity contribution in [3.8, 4) is 0 Å². The Labute approximate surface area is 103 Å². The lowest BCUT2D eigenvalue weighted by Gasteiger charge is -2.30. The van der Waals surface area contributed by atoms with Gasteiger partial charge in [-0.3, -0.25) is 4.90 Å². The van der Waals surface area contributed by atoms with Crippen LogP contribution >= 0.6 is 0 Å². The average Bonchev–Trinajstić information content (AvgIpc) is 2.84. The van der Waals surface area contributed by atoms with Gasteiger partial charge in [0, 0.05) is 18.2 Å². The lowest BCUT2D eigenvalue weighted by molar-refractivity contribution is 0.149. The van der Waals surface area contributed by atoms with Crippen LogP contribution < -0.4 is 5.32 Å². The molecule has 1 aromatic rings. The molecule has 4 nitrogen and oxygen atoms in total.